The third kappa shape index (κ3) is 0.781. The summed E-state index contributed by atoms with van der Waals surface area (Å²) < 4.78 is 0. The Morgan fingerprint density at radius 1 is 1.60 bits per heavy atom. The van der Waals surface area contributed by atoms with E-state index in [9.17, 15) is 4.79 Å². The van der Waals surface area contributed by atoms with Crippen molar-refractivity contribution in [3.05, 3.63) is 12.4 Å². The molecule has 0 radical (unpaired) electrons. The Bertz CT molecular complexity index is 196. The molecule has 1 rings (SSSR count). The lowest BCUT2D eigenvalue weighted by Crippen LogP contribution is -2.39. The first-order chi connectivity index (χ1) is 4.45. The summed E-state index contributed by atoms with van der Waals surface area (Å²) in [5.74, 6) is 0.743. The summed E-state index contributed by atoms with van der Waals surface area (Å²) in [6.07, 6.45) is 0. The Kier molecular flexibility index (Phi) is 1.24. The molecular weight excluding hydrogens is 128 g/mol. The largest absolute Gasteiger partial charge is 0.358 e. The van der Waals surface area contributed by atoms with Crippen molar-refractivity contribution in [1.29, 1.82) is 0 Å². The monoisotopic (exact) mass is 140 g/mol. The maximum absolute atomic E-state index is 11.2. The van der Waals surface area contributed by atoms with Crippen molar-refractivity contribution >= 4 is 5.91 Å². The van der Waals surface area contributed by atoms with Crippen molar-refractivity contribution in [2.24, 2.45) is 0 Å². The lowest BCUT2D eigenvalue weighted by atomic mass is 10.1. The fourth-order valence-corrected chi connectivity index (χ4v) is 1.04. The Balaban J connectivity index is 2.92. The molecule has 1 aliphatic heterocycles. The normalized spacial score (nSPS) is 23.3. The van der Waals surface area contributed by atoms with Crippen LogP contribution in [0, 0.1) is 0 Å². The summed E-state index contributed by atoms with van der Waals surface area (Å²) >= 11 is 0. The van der Waals surface area contributed by atoms with Gasteiger partial charge in [0.15, 0.2) is 0 Å². The molecule has 0 aromatic heterocycles. The SMILES string of the molecule is C=C1NC(C)(C)C(=O)N1C. The first-order valence-corrected chi connectivity index (χ1v) is 3.20. The zero-order chi connectivity index (χ0) is 7.94. The number of nitrogens with one attached hydrogen (secondary N) is 1. The van der Waals surface area contributed by atoms with Gasteiger partial charge in [-0.25, -0.2) is 0 Å². The second-order valence-electron chi connectivity index (χ2n) is 3.06. The van der Waals surface area contributed by atoms with E-state index >= 15 is 0 Å². The van der Waals surface area contributed by atoms with Crippen LogP contribution < -0.4 is 5.32 Å². The van der Waals surface area contributed by atoms with Gasteiger partial charge >= 0.3 is 0 Å². The molecule has 0 aromatic rings. The van der Waals surface area contributed by atoms with Crippen LogP contribution in [-0.4, -0.2) is 23.4 Å². The van der Waals surface area contributed by atoms with Gasteiger partial charge in [-0.05, 0) is 13.8 Å². The maximum atomic E-state index is 11.2. The van der Waals surface area contributed by atoms with Crippen molar-refractivity contribution in [2.75, 3.05) is 7.05 Å². The van der Waals surface area contributed by atoms with Crippen molar-refractivity contribution in [3.63, 3.8) is 0 Å². The fraction of sp³-hybridized carbons (Fsp3) is 0.571. The van der Waals surface area contributed by atoms with Crippen LogP contribution in [0.2, 0.25) is 0 Å². The molecule has 3 heteroatoms. The number of carbonyl (C=O) groups is 1. The Morgan fingerprint density at radius 2 is 2.10 bits per heavy atom. The number of amides is 1. The molecule has 1 N–H and O–H groups in total. The highest BCUT2D eigenvalue weighted by molar-refractivity contribution is 5.89. The van der Waals surface area contributed by atoms with Crippen molar-refractivity contribution in [3.8, 4) is 0 Å². The van der Waals surface area contributed by atoms with Gasteiger partial charge in [0.05, 0.1) is 0 Å². The predicted octanol–water partition coefficient (Wildman–Crippen LogP) is 0.298. The van der Waals surface area contributed by atoms with E-state index in [0.717, 1.165) is 0 Å². The van der Waals surface area contributed by atoms with Crippen LogP contribution in [0.3, 0.4) is 0 Å². The molecule has 3 nitrogen and oxygen atoms in total. The molecule has 56 valence electrons. The van der Waals surface area contributed by atoms with E-state index in [1.54, 1.807) is 7.05 Å². The third-order valence-corrected chi connectivity index (χ3v) is 1.70. The topological polar surface area (TPSA) is 32.3 Å². The first kappa shape index (κ1) is 7.12. The predicted molar refractivity (Wildman–Crippen MR) is 39.1 cm³/mol. The number of hydrogen-bond donors (Lipinski definition) is 1. The van der Waals surface area contributed by atoms with E-state index in [4.69, 9.17) is 0 Å². The summed E-state index contributed by atoms with van der Waals surface area (Å²) in [7, 11) is 1.71. The van der Waals surface area contributed by atoms with Crippen LogP contribution in [-0.2, 0) is 4.79 Å². The zero-order valence-electron chi connectivity index (χ0n) is 6.56. The second-order valence-corrected chi connectivity index (χ2v) is 3.06. The molecule has 1 heterocycles. The van der Waals surface area contributed by atoms with Gasteiger partial charge in [0.2, 0.25) is 0 Å². The minimum atomic E-state index is -0.466. The molecule has 1 amide bonds. The van der Waals surface area contributed by atoms with Crippen LogP contribution in [0.4, 0.5) is 0 Å². The highest BCUT2D eigenvalue weighted by Gasteiger charge is 2.38. The van der Waals surface area contributed by atoms with Crippen molar-refractivity contribution < 1.29 is 4.79 Å². The number of hydrogen-bond acceptors (Lipinski definition) is 2. The highest BCUT2D eigenvalue weighted by atomic mass is 16.2. The maximum Gasteiger partial charge on any atom is 0.252 e. The summed E-state index contributed by atoms with van der Waals surface area (Å²) in [4.78, 5) is 12.8. The molecule has 1 fully saturated rings. The number of likely N-dealkylation sites (N-methyl/N-ethyl adjacent to an activating group) is 1. The minimum Gasteiger partial charge on any atom is -0.358 e. The summed E-state index contributed by atoms with van der Waals surface area (Å²) in [6, 6.07) is 0. The Morgan fingerprint density at radius 3 is 2.20 bits per heavy atom. The molecule has 1 saturated heterocycles. The molecule has 0 spiro atoms. The quantitative estimate of drug-likeness (QED) is 0.524. The van der Waals surface area contributed by atoms with Crippen LogP contribution in [0.15, 0.2) is 12.4 Å². The minimum absolute atomic E-state index is 0.0671. The van der Waals surface area contributed by atoms with Crippen LogP contribution in [0.25, 0.3) is 0 Å². The number of carbonyl (C=O) groups excluding carboxylic acids is 1. The van der Waals surface area contributed by atoms with Crippen molar-refractivity contribution in [1.82, 2.24) is 10.2 Å². The molecule has 10 heavy (non-hydrogen) atoms. The fourth-order valence-electron chi connectivity index (χ4n) is 1.04. The van der Waals surface area contributed by atoms with E-state index in [1.807, 2.05) is 13.8 Å². The summed E-state index contributed by atoms with van der Waals surface area (Å²) in [5.41, 5.74) is -0.466. The molecular formula is C7H12N2O. The summed E-state index contributed by atoms with van der Waals surface area (Å²) in [5, 5.41) is 2.97. The van der Waals surface area contributed by atoms with Gasteiger partial charge in [-0.15, -0.1) is 0 Å². The van der Waals surface area contributed by atoms with Crippen LogP contribution in [0.1, 0.15) is 13.8 Å². The summed E-state index contributed by atoms with van der Waals surface area (Å²) in [6.45, 7) is 7.35. The molecule has 0 bridgehead atoms. The average Bonchev–Trinajstić information content (AvgIpc) is 1.95. The Labute approximate surface area is 60.7 Å². The highest BCUT2D eigenvalue weighted by Crippen LogP contribution is 2.18. The standard InChI is InChI=1S/C7H12N2O/c1-5-8-7(2,3)6(10)9(5)4/h8H,1H2,2-4H3. The van der Waals surface area contributed by atoms with E-state index in [0.29, 0.717) is 5.82 Å². The number of rotatable bonds is 0. The van der Waals surface area contributed by atoms with E-state index in [2.05, 4.69) is 11.9 Å². The Hall–Kier alpha value is -0.990. The third-order valence-electron chi connectivity index (χ3n) is 1.70. The van der Waals surface area contributed by atoms with E-state index in [1.165, 1.54) is 4.90 Å². The van der Waals surface area contributed by atoms with Gasteiger partial charge in [-0.2, -0.15) is 0 Å². The lowest BCUT2D eigenvalue weighted by molar-refractivity contribution is -0.129. The van der Waals surface area contributed by atoms with Gasteiger partial charge in [0.25, 0.3) is 5.91 Å². The molecule has 0 unspecified atom stereocenters. The number of nitrogens with zero attached hydrogens (tertiary/aromatic N) is 1. The molecule has 1 aliphatic rings. The first-order valence-electron chi connectivity index (χ1n) is 3.20. The smallest absolute Gasteiger partial charge is 0.252 e. The average molecular weight is 140 g/mol. The zero-order valence-corrected chi connectivity index (χ0v) is 6.56. The van der Waals surface area contributed by atoms with Gasteiger partial charge in [0, 0.05) is 7.05 Å². The van der Waals surface area contributed by atoms with Gasteiger partial charge in [-0.3, -0.25) is 4.79 Å². The van der Waals surface area contributed by atoms with Gasteiger partial charge in [0.1, 0.15) is 11.4 Å². The second kappa shape index (κ2) is 1.75. The molecule has 0 aromatic carbocycles. The molecule has 0 saturated carbocycles. The lowest BCUT2D eigenvalue weighted by Gasteiger charge is -2.13. The van der Waals surface area contributed by atoms with Gasteiger partial charge in [-0.1, -0.05) is 6.58 Å². The van der Waals surface area contributed by atoms with E-state index < -0.39 is 5.54 Å². The molecule has 0 aliphatic carbocycles. The van der Waals surface area contributed by atoms with Crippen LogP contribution in [0.5, 0.6) is 0 Å². The van der Waals surface area contributed by atoms with Gasteiger partial charge < -0.3 is 10.2 Å². The molecule has 0 atom stereocenters. The van der Waals surface area contributed by atoms with E-state index in [-0.39, 0.29) is 5.91 Å². The van der Waals surface area contributed by atoms with Crippen LogP contribution >= 0.6 is 0 Å². The van der Waals surface area contributed by atoms with Crippen molar-refractivity contribution in [2.45, 2.75) is 19.4 Å².